The molecule has 2 N–H and O–H groups in total. The monoisotopic (exact) mass is 282 g/mol. The zero-order valence-electron chi connectivity index (χ0n) is 8.66. The lowest BCUT2D eigenvalue weighted by Crippen LogP contribution is -1.99. The van der Waals surface area contributed by atoms with E-state index in [2.05, 4.69) is 15.9 Å². The molecule has 1 aromatic carbocycles. The van der Waals surface area contributed by atoms with Gasteiger partial charge in [0.2, 0.25) is 0 Å². The standard InChI is InChI=1S/C12H12BrFN2/c13-12-10(2-1-3-11(12)14)8-16-5-4-9(6-15)7-16/h1-5,7H,6,8,15H2. The van der Waals surface area contributed by atoms with Crippen molar-refractivity contribution in [2.45, 2.75) is 13.1 Å². The summed E-state index contributed by atoms with van der Waals surface area (Å²) in [6.07, 6.45) is 3.91. The number of aromatic nitrogens is 1. The van der Waals surface area contributed by atoms with Gasteiger partial charge in [-0.3, -0.25) is 0 Å². The molecule has 0 radical (unpaired) electrons. The molecule has 1 aromatic heterocycles. The van der Waals surface area contributed by atoms with Crippen LogP contribution in [0, 0.1) is 5.82 Å². The fourth-order valence-corrected chi connectivity index (χ4v) is 1.97. The molecule has 0 amide bonds. The zero-order chi connectivity index (χ0) is 11.5. The molecule has 4 heteroatoms. The molecule has 1 heterocycles. The molecule has 0 bridgehead atoms. The summed E-state index contributed by atoms with van der Waals surface area (Å²) in [7, 11) is 0. The minimum Gasteiger partial charge on any atom is -0.350 e. The largest absolute Gasteiger partial charge is 0.350 e. The van der Waals surface area contributed by atoms with Crippen LogP contribution in [-0.4, -0.2) is 4.57 Å². The molecule has 0 atom stereocenters. The zero-order valence-corrected chi connectivity index (χ0v) is 10.2. The average Bonchev–Trinajstić information content (AvgIpc) is 2.73. The molecular formula is C12H12BrFN2. The van der Waals surface area contributed by atoms with E-state index in [0.717, 1.165) is 11.1 Å². The Labute approximate surface area is 102 Å². The van der Waals surface area contributed by atoms with Gasteiger partial charge in [0.05, 0.1) is 4.47 Å². The highest BCUT2D eigenvalue weighted by molar-refractivity contribution is 9.10. The summed E-state index contributed by atoms with van der Waals surface area (Å²) in [6, 6.07) is 7.01. The van der Waals surface area contributed by atoms with E-state index < -0.39 is 0 Å². The molecule has 0 spiro atoms. The van der Waals surface area contributed by atoms with Gasteiger partial charge in [-0.15, -0.1) is 0 Å². The van der Waals surface area contributed by atoms with Crippen LogP contribution >= 0.6 is 15.9 Å². The van der Waals surface area contributed by atoms with Crippen LogP contribution in [0.1, 0.15) is 11.1 Å². The van der Waals surface area contributed by atoms with Crippen molar-refractivity contribution in [3.63, 3.8) is 0 Å². The summed E-state index contributed by atoms with van der Waals surface area (Å²) in [5.41, 5.74) is 7.52. The lowest BCUT2D eigenvalue weighted by Gasteiger charge is -2.06. The number of nitrogens with zero attached hydrogens (tertiary/aromatic N) is 1. The van der Waals surface area contributed by atoms with Crippen LogP contribution in [-0.2, 0) is 13.1 Å². The number of nitrogens with two attached hydrogens (primary N) is 1. The summed E-state index contributed by atoms with van der Waals surface area (Å²) in [5, 5.41) is 0. The third-order valence-electron chi connectivity index (χ3n) is 2.43. The van der Waals surface area contributed by atoms with Gasteiger partial charge < -0.3 is 10.3 Å². The van der Waals surface area contributed by atoms with Crippen molar-refractivity contribution in [3.05, 3.63) is 58.1 Å². The first kappa shape index (κ1) is 11.4. The Balaban J connectivity index is 2.23. The highest BCUT2D eigenvalue weighted by Crippen LogP contribution is 2.21. The normalized spacial score (nSPS) is 10.7. The van der Waals surface area contributed by atoms with Crippen LogP contribution in [0.4, 0.5) is 4.39 Å². The topological polar surface area (TPSA) is 30.9 Å². The van der Waals surface area contributed by atoms with Gasteiger partial charge in [0.25, 0.3) is 0 Å². The highest BCUT2D eigenvalue weighted by Gasteiger charge is 2.05. The fourth-order valence-electron chi connectivity index (χ4n) is 1.58. The van der Waals surface area contributed by atoms with E-state index in [1.54, 1.807) is 6.07 Å². The molecule has 0 aliphatic heterocycles. The smallest absolute Gasteiger partial charge is 0.137 e. The molecule has 2 rings (SSSR count). The predicted octanol–water partition coefficient (Wildman–Crippen LogP) is 2.90. The van der Waals surface area contributed by atoms with Crippen LogP contribution < -0.4 is 5.73 Å². The number of halogens is 2. The maximum absolute atomic E-state index is 13.3. The molecule has 0 aliphatic rings. The van der Waals surface area contributed by atoms with Crippen LogP contribution in [0.3, 0.4) is 0 Å². The minimum absolute atomic E-state index is 0.233. The van der Waals surface area contributed by atoms with Crippen molar-refractivity contribution in [2.24, 2.45) is 5.73 Å². The Hall–Kier alpha value is -1.13. The molecule has 16 heavy (non-hydrogen) atoms. The van der Waals surface area contributed by atoms with Crippen LogP contribution in [0.5, 0.6) is 0 Å². The molecule has 0 unspecified atom stereocenters. The lowest BCUT2D eigenvalue weighted by atomic mass is 10.2. The Morgan fingerprint density at radius 2 is 2.12 bits per heavy atom. The van der Waals surface area contributed by atoms with E-state index in [0.29, 0.717) is 17.6 Å². The second-order valence-corrected chi connectivity index (χ2v) is 4.40. The average molecular weight is 283 g/mol. The van der Waals surface area contributed by atoms with E-state index in [-0.39, 0.29) is 5.82 Å². The second-order valence-electron chi connectivity index (χ2n) is 3.61. The summed E-state index contributed by atoms with van der Waals surface area (Å²) in [5.74, 6) is -0.233. The van der Waals surface area contributed by atoms with Crippen LogP contribution in [0.15, 0.2) is 41.1 Å². The third-order valence-corrected chi connectivity index (χ3v) is 3.32. The molecule has 2 nitrogen and oxygen atoms in total. The van der Waals surface area contributed by atoms with E-state index >= 15 is 0 Å². The summed E-state index contributed by atoms with van der Waals surface area (Å²) >= 11 is 3.25. The maximum atomic E-state index is 13.3. The molecule has 0 saturated heterocycles. The van der Waals surface area contributed by atoms with Crippen molar-refractivity contribution in [3.8, 4) is 0 Å². The molecule has 0 fully saturated rings. The summed E-state index contributed by atoms with van der Waals surface area (Å²) < 4.78 is 15.8. The molecule has 84 valence electrons. The van der Waals surface area contributed by atoms with Gasteiger partial charge in [-0.1, -0.05) is 12.1 Å². The highest BCUT2D eigenvalue weighted by atomic mass is 79.9. The maximum Gasteiger partial charge on any atom is 0.137 e. The Morgan fingerprint density at radius 3 is 2.81 bits per heavy atom. The van der Waals surface area contributed by atoms with E-state index in [9.17, 15) is 4.39 Å². The third kappa shape index (κ3) is 2.33. The SMILES string of the molecule is NCc1ccn(Cc2cccc(F)c2Br)c1. The van der Waals surface area contributed by atoms with Gasteiger partial charge >= 0.3 is 0 Å². The summed E-state index contributed by atoms with van der Waals surface area (Å²) in [6.45, 7) is 1.16. The quantitative estimate of drug-likeness (QED) is 0.922. The molecule has 2 aromatic rings. The first-order valence-electron chi connectivity index (χ1n) is 4.98. The Morgan fingerprint density at radius 1 is 1.31 bits per heavy atom. The van der Waals surface area contributed by atoms with Gasteiger partial charge in [0.15, 0.2) is 0 Å². The van der Waals surface area contributed by atoms with Crippen LogP contribution in [0.2, 0.25) is 0 Å². The molecular weight excluding hydrogens is 271 g/mol. The Kier molecular flexibility index (Phi) is 3.41. The molecule has 0 aliphatic carbocycles. The van der Waals surface area contributed by atoms with E-state index in [1.807, 2.05) is 29.1 Å². The number of benzene rings is 1. The summed E-state index contributed by atoms with van der Waals surface area (Å²) in [4.78, 5) is 0. The van der Waals surface area contributed by atoms with Crippen molar-refractivity contribution in [1.82, 2.24) is 4.57 Å². The fraction of sp³-hybridized carbons (Fsp3) is 0.167. The number of hydrogen-bond acceptors (Lipinski definition) is 1. The number of hydrogen-bond donors (Lipinski definition) is 1. The number of rotatable bonds is 3. The van der Waals surface area contributed by atoms with Crippen molar-refractivity contribution in [2.75, 3.05) is 0 Å². The Bertz CT molecular complexity index is 494. The van der Waals surface area contributed by atoms with Crippen molar-refractivity contribution in [1.29, 1.82) is 0 Å². The van der Waals surface area contributed by atoms with Gasteiger partial charge in [0, 0.05) is 25.5 Å². The van der Waals surface area contributed by atoms with Gasteiger partial charge in [-0.05, 0) is 39.2 Å². The van der Waals surface area contributed by atoms with E-state index in [4.69, 9.17) is 5.73 Å². The lowest BCUT2D eigenvalue weighted by molar-refractivity contribution is 0.616. The first-order chi connectivity index (χ1) is 7.70. The predicted molar refractivity (Wildman–Crippen MR) is 65.5 cm³/mol. The van der Waals surface area contributed by atoms with Crippen LogP contribution in [0.25, 0.3) is 0 Å². The van der Waals surface area contributed by atoms with E-state index in [1.165, 1.54) is 6.07 Å². The second kappa shape index (κ2) is 4.80. The van der Waals surface area contributed by atoms with Gasteiger partial charge in [-0.2, -0.15) is 0 Å². The van der Waals surface area contributed by atoms with Crippen molar-refractivity contribution >= 4 is 15.9 Å². The molecule has 0 saturated carbocycles. The first-order valence-corrected chi connectivity index (χ1v) is 5.77. The van der Waals surface area contributed by atoms with Gasteiger partial charge in [0.1, 0.15) is 5.82 Å². The minimum atomic E-state index is -0.233. The van der Waals surface area contributed by atoms with Gasteiger partial charge in [-0.25, -0.2) is 4.39 Å². The van der Waals surface area contributed by atoms with Crippen molar-refractivity contribution < 1.29 is 4.39 Å².